The molecule has 1 aromatic rings. The van der Waals surface area contributed by atoms with Crippen molar-refractivity contribution in [2.75, 3.05) is 13.1 Å². The summed E-state index contributed by atoms with van der Waals surface area (Å²) in [6.07, 6.45) is 2.32. The summed E-state index contributed by atoms with van der Waals surface area (Å²) >= 11 is 0. The molecule has 0 aliphatic carbocycles. The first-order chi connectivity index (χ1) is 7.66. The average Bonchev–Trinajstić information content (AvgIpc) is 2.25. The van der Waals surface area contributed by atoms with Crippen LogP contribution in [0, 0.1) is 23.4 Å². The summed E-state index contributed by atoms with van der Waals surface area (Å²) in [5.41, 5.74) is 0.00935. The van der Waals surface area contributed by atoms with Gasteiger partial charge in [-0.3, -0.25) is 0 Å². The average molecular weight is 229 g/mol. The first-order valence-electron chi connectivity index (χ1n) is 5.51. The lowest BCUT2D eigenvalue weighted by Crippen LogP contribution is -2.31. The van der Waals surface area contributed by atoms with Gasteiger partial charge in [0.15, 0.2) is 0 Å². The number of nitrogens with one attached hydrogen (secondary N) is 1. The summed E-state index contributed by atoms with van der Waals surface area (Å²) in [5.74, 6) is -2.17. The summed E-state index contributed by atoms with van der Waals surface area (Å²) < 4.78 is 39.4. The second-order valence-electron chi connectivity index (χ2n) is 4.26. The molecule has 0 bridgehead atoms. The zero-order valence-corrected chi connectivity index (χ0v) is 8.90. The zero-order valence-electron chi connectivity index (χ0n) is 8.90. The molecule has 1 saturated heterocycles. The molecule has 0 amide bonds. The number of hydrogen-bond acceptors (Lipinski definition) is 1. The number of halogens is 3. The minimum Gasteiger partial charge on any atom is -0.316 e. The van der Waals surface area contributed by atoms with Gasteiger partial charge in [0.2, 0.25) is 0 Å². The van der Waals surface area contributed by atoms with Crippen LogP contribution in [0.1, 0.15) is 18.4 Å². The molecule has 1 atom stereocenters. The molecule has 1 heterocycles. The van der Waals surface area contributed by atoms with Gasteiger partial charge in [-0.15, -0.1) is 0 Å². The SMILES string of the molecule is Fc1cc(F)c(CC2CCCNC2)c(F)c1. The van der Waals surface area contributed by atoms with Crippen molar-refractivity contribution in [2.24, 2.45) is 5.92 Å². The Morgan fingerprint density at radius 3 is 2.44 bits per heavy atom. The van der Waals surface area contributed by atoms with Crippen LogP contribution in [0.15, 0.2) is 12.1 Å². The molecule has 88 valence electrons. The molecule has 2 rings (SSSR count). The van der Waals surface area contributed by atoms with Crippen LogP contribution in [0.3, 0.4) is 0 Å². The Balaban J connectivity index is 2.14. The van der Waals surface area contributed by atoms with E-state index in [4.69, 9.17) is 0 Å². The van der Waals surface area contributed by atoms with E-state index in [0.717, 1.165) is 38.1 Å². The fourth-order valence-corrected chi connectivity index (χ4v) is 2.15. The van der Waals surface area contributed by atoms with Crippen molar-refractivity contribution in [1.82, 2.24) is 5.32 Å². The Labute approximate surface area is 92.7 Å². The minimum atomic E-state index is -0.861. The summed E-state index contributed by atoms with van der Waals surface area (Å²) in [6.45, 7) is 1.74. The van der Waals surface area contributed by atoms with Crippen LogP contribution in [0.2, 0.25) is 0 Å². The van der Waals surface area contributed by atoms with Crippen LogP contribution in [0.25, 0.3) is 0 Å². The van der Waals surface area contributed by atoms with E-state index in [0.29, 0.717) is 6.42 Å². The molecule has 0 spiro atoms. The predicted molar refractivity (Wildman–Crippen MR) is 55.6 cm³/mol. The fourth-order valence-electron chi connectivity index (χ4n) is 2.15. The third-order valence-electron chi connectivity index (χ3n) is 3.00. The van der Waals surface area contributed by atoms with Gasteiger partial charge in [-0.2, -0.15) is 0 Å². The van der Waals surface area contributed by atoms with Crippen LogP contribution >= 0.6 is 0 Å². The Morgan fingerprint density at radius 1 is 1.19 bits per heavy atom. The largest absolute Gasteiger partial charge is 0.316 e. The van der Waals surface area contributed by atoms with E-state index in [9.17, 15) is 13.2 Å². The minimum absolute atomic E-state index is 0.00935. The Bertz CT molecular complexity index is 350. The molecule has 4 heteroatoms. The zero-order chi connectivity index (χ0) is 11.5. The lowest BCUT2D eigenvalue weighted by Gasteiger charge is -2.23. The summed E-state index contributed by atoms with van der Waals surface area (Å²) in [7, 11) is 0. The molecule has 1 aliphatic rings. The summed E-state index contributed by atoms with van der Waals surface area (Å²) in [6, 6.07) is 1.49. The van der Waals surface area contributed by atoms with Crippen LogP contribution in [0.5, 0.6) is 0 Å². The molecular weight excluding hydrogens is 215 g/mol. The lowest BCUT2D eigenvalue weighted by molar-refractivity contribution is 0.366. The van der Waals surface area contributed by atoms with E-state index >= 15 is 0 Å². The van der Waals surface area contributed by atoms with Gasteiger partial charge in [-0.05, 0) is 38.3 Å². The summed E-state index contributed by atoms with van der Waals surface area (Å²) in [5, 5.41) is 3.19. The molecule has 0 saturated carbocycles. The van der Waals surface area contributed by atoms with E-state index in [-0.39, 0.29) is 11.5 Å². The molecule has 1 fully saturated rings. The van der Waals surface area contributed by atoms with Crippen molar-refractivity contribution in [3.63, 3.8) is 0 Å². The smallest absolute Gasteiger partial charge is 0.132 e. The third kappa shape index (κ3) is 2.55. The molecular formula is C12H14F3N. The van der Waals surface area contributed by atoms with Gasteiger partial charge in [0, 0.05) is 17.7 Å². The summed E-state index contributed by atoms with van der Waals surface area (Å²) in [4.78, 5) is 0. The number of rotatable bonds is 2. The molecule has 1 N–H and O–H groups in total. The number of hydrogen-bond donors (Lipinski definition) is 1. The first-order valence-corrected chi connectivity index (χ1v) is 5.51. The second kappa shape index (κ2) is 4.87. The van der Waals surface area contributed by atoms with Crippen LogP contribution in [0.4, 0.5) is 13.2 Å². The van der Waals surface area contributed by atoms with Gasteiger partial charge in [0.25, 0.3) is 0 Å². The highest BCUT2D eigenvalue weighted by Gasteiger charge is 2.18. The van der Waals surface area contributed by atoms with E-state index in [2.05, 4.69) is 5.32 Å². The number of benzene rings is 1. The van der Waals surface area contributed by atoms with Crippen molar-refractivity contribution < 1.29 is 13.2 Å². The normalized spacial score (nSPS) is 21.1. The van der Waals surface area contributed by atoms with Crippen molar-refractivity contribution in [2.45, 2.75) is 19.3 Å². The highest BCUT2D eigenvalue weighted by molar-refractivity contribution is 5.21. The standard InChI is InChI=1S/C12H14F3N/c13-9-5-11(14)10(12(15)6-9)4-8-2-1-3-16-7-8/h5-6,8,16H,1-4,7H2. The Kier molecular flexibility index (Phi) is 3.49. The van der Waals surface area contributed by atoms with Gasteiger partial charge >= 0.3 is 0 Å². The maximum absolute atomic E-state index is 13.4. The number of piperidine rings is 1. The molecule has 1 nitrogen and oxygen atoms in total. The van der Waals surface area contributed by atoms with Crippen LogP contribution in [-0.2, 0) is 6.42 Å². The molecule has 0 radical (unpaired) electrons. The lowest BCUT2D eigenvalue weighted by atomic mass is 9.92. The highest BCUT2D eigenvalue weighted by Crippen LogP contribution is 2.21. The topological polar surface area (TPSA) is 12.0 Å². The molecule has 1 aromatic carbocycles. The van der Waals surface area contributed by atoms with Crippen LogP contribution in [-0.4, -0.2) is 13.1 Å². The van der Waals surface area contributed by atoms with Gasteiger partial charge in [-0.25, -0.2) is 13.2 Å². The molecule has 1 aliphatic heterocycles. The van der Waals surface area contributed by atoms with Crippen molar-refractivity contribution in [1.29, 1.82) is 0 Å². The first kappa shape index (κ1) is 11.5. The van der Waals surface area contributed by atoms with Crippen molar-refractivity contribution in [3.05, 3.63) is 35.1 Å². The van der Waals surface area contributed by atoms with Crippen molar-refractivity contribution >= 4 is 0 Å². The monoisotopic (exact) mass is 229 g/mol. The second-order valence-corrected chi connectivity index (χ2v) is 4.26. The van der Waals surface area contributed by atoms with E-state index in [1.807, 2.05) is 0 Å². The molecule has 1 unspecified atom stereocenters. The van der Waals surface area contributed by atoms with Crippen molar-refractivity contribution in [3.8, 4) is 0 Å². The molecule has 16 heavy (non-hydrogen) atoms. The van der Waals surface area contributed by atoms with Gasteiger partial charge in [-0.1, -0.05) is 0 Å². The van der Waals surface area contributed by atoms with Crippen LogP contribution < -0.4 is 5.32 Å². The fraction of sp³-hybridized carbons (Fsp3) is 0.500. The van der Waals surface area contributed by atoms with E-state index in [1.54, 1.807) is 0 Å². The molecule has 0 aromatic heterocycles. The van der Waals surface area contributed by atoms with Gasteiger partial charge in [0.1, 0.15) is 17.5 Å². The van der Waals surface area contributed by atoms with E-state index < -0.39 is 17.5 Å². The Hall–Kier alpha value is -1.03. The maximum Gasteiger partial charge on any atom is 0.132 e. The van der Waals surface area contributed by atoms with Gasteiger partial charge in [0.05, 0.1) is 0 Å². The highest BCUT2D eigenvalue weighted by atomic mass is 19.1. The predicted octanol–water partition coefficient (Wildman–Crippen LogP) is 2.65. The Morgan fingerprint density at radius 2 is 1.88 bits per heavy atom. The van der Waals surface area contributed by atoms with Gasteiger partial charge < -0.3 is 5.32 Å². The van der Waals surface area contributed by atoms with E-state index in [1.165, 1.54) is 0 Å². The third-order valence-corrected chi connectivity index (χ3v) is 3.00. The quantitative estimate of drug-likeness (QED) is 0.822. The maximum atomic E-state index is 13.4.